The molecule has 0 heterocycles. The lowest BCUT2D eigenvalue weighted by atomic mass is 10.1. The van der Waals surface area contributed by atoms with Crippen LogP contribution in [-0.2, 0) is 6.18 Å². The first-order valence-corrected chi connectivity index (χ1v) is 5.60. The van der Waals surface area contributed by atoms with Crippen molar-refractivity contribution in [3.05, 3.63) is 35.1 Å². The van der Waals surface area contributed by atoms with E-state index in [0.717, 1.165) is 17.0 Å². The highest BCUT2D eigenvalue weighted by Crippen LogP contribution is 2.32. The second-order valence-electron chi connectivity index (χ2n) is 4.03. The minimum atomic E-state index is -4.82. The number of carbonyl (C=O) groups is 1. The van der Waals surface area contributed by atoms with Gasteiger partial charge in [0.1, 0.15) is 5.82 Å². The second-order valence-corrected chi connectivity index (χ2v) is 4.03. The molecule has 0 atom stereocenters. The van der Waals surface area contributed by atoms with Crippen LogP contribution < -0.4 is 5.73 Å². The van der Waals surface area contributed by atoms with Crippen LogP contribution in [0.2, 0.25) is 0 Å². The van der Waals surface area contributed by atoms with Crippen LogP contribution in [0.1, 0.15) is 22.3 Å². The lowest BCUT2D eigenvalue weighted by Crippen LogP contribution is -2.30. The van der Waals surface area contributed by atoms with E-state index in [1.54, 1.807) is 0 Å². The fourth-order valence-corrected chi connectivity index (χ4v) is 1.55. The molecule has 1 aromatic rings. The van der Waals surface area contributed by atoms with Gasteiger partial charge in [-0.25, -0.2) is 4.39 Å². The van der Waals surface area contributed by atoms with E-state index in [2.05, 4.69) is 0 Å². The maximum atomic E-state index is 13.7. The van der Waals surface area contributed by atoms with E-state index < -0.39 is 29.0 Å². The Balaban J connectivity index is 3.05. The van der Waals surface area contributed by atoms with E-state index in [1.165, 1.54) is 7.05 Å². The Hall–Kier alpha value is -1.63. The maximum Gasteiger partial charge on any atom is 0.419 e. The molecule has 1 rings (SSSR count). The van der Waals surface area contributed by atoms with Gasteiger partial charge in [0.15, 0.2) is 0 Å². The Morgan fingerprint density at radius 3 is 2.53 bits per heavy atom. The number of carbonyl (C=O) groups excluding carboxylic acids is 1. The van der Waals surface area contributed by atoms with Crippen LogP contribution in [-0.4, -0.2) is 30.9 Å². The summed E-state index contributed by atoms with van der Waals surface area (Å²) in [5, 5.41) is 0. The predicted molar refractivity (Wildman–Crippen MR) is 62.0 cm³/mol. The summed E-state index contributed by atoms with van der Waals surface area (Å²) in [5.74, 6) is -2.34. The van der Waals surface area contributed by atoms with E-state index in [-0.39, 0.29) is 6.54 Å². The molecular weight excluding hydrogens is 264 g/mol. The summed E-state index contributed by atoms with van der Waals surface area (Å²) in [6, 6.07) is 2.65. The van der Waals surface area contributed by atoms with Crippen LogP contribution in [0.4, 0.5) is 17.6 Å². The summed E-state index contributed by atoms with van der Waals surface area (Å²) in [6.45, 7) is 0.591. The molecule has 106 valence electrons. The average molecular weight is 278 g/mol. The number of amides is 1. The Morgan fingerprint density at radius 1 is 1.37 bits per heavy atom. The third-order valence-corrected chi connectivity index (χ3v) is 2.58. The van der Waals surface area contributed by atoms with Crippen LogP contribution in [0.5, 0.6) is 0 Å². The highest BCUT2D eigenvalue weighted by atomic mass is 19.4. The van der Waals surface area contributed by atoms with Crippen molar-refractivity contribution in [2.24, 2.45) is 5.73 Å². The van der Waals surface area contributed by atoms with Crippen molar-refractivity contribution in [2.45, 2.75) is 12.6 Å². The highest BCUT2D eigenvalue weighted by molar-refractivity contribution is 5.94. The molecule has 1 aromatic carbocycles. The lowest BCUT2D eigenvalue weighted by molar-refractivity contribution is -0.140. The Labute approximate surface area is 108 Å². The number of halogens is 4. The van der Waals surface area contributed by atoms with Gasteiger partial charge in [0, 0.05) is 13.6 Å². The van der Waals surface area contributed by atoms with Gasteiger partial charge in [-0.3, -0.25) is 4.79 Å². The monoisotopic (exact) mass is 278 g/mol. The minimum Gasteiger partial charge on any atom is -0.342 e. The molecule has 1 amide bonds. The number of hydrogen-bond acceptors (Lipinski definition) is 2. The molecule has 0 aliphatic heterocycles. The first-order chi connectivity index (χ1) is 8.79. The standard InChI is InChI=1S/C12H14F4N2O/c1-18(7-3-6-17)11(19)8-4-2-5-9(10(8)13)12(14,15)16/h2,4-5H,3,6-7,17H2,1H3. The first kappa shape index (κ1) is 15.4. The molecule has 3 nitrogen and oxygen atoms in total. The Morgan fingerprint density at radius 2 is 2.00 bits per heavy atom. The van der Waals surface area contributed by atoms with Gasteiger partial charge in [-0.1, -0.05) is 6.07 Å². The van der Waals surface area contributed by atoms with Gasteiger partial charge in [0.05, 0.1) is 11.1 Å². The smallest absolute Gasteiger partial charge is 0.342 e. The zero-order chi connectivity index (χ0) is 14.6. The van der Waals surface area contributed by atoms with Crippen molar-refractivity contribution in [1.29, 1.82) is 0 Å². The van der Waals surface area contributed by atoms with Crippen molar-refractivity contribution in [1.82, 2.24) is 4.90 Å². The number of nitrogens with two attached hydrogens (primary N) is 1. The molecular formula is C12H14F4N2O. The van der Waals surface area contributed by atoms with Gasteiger partial charge in [-0.2, -0.15) is 13.2 Å². The van der Waals surface area contributed by atoms with Gasteiger partial charge >= 0.3 is 6.18 Å². The molecule has 7 heteroatoms. The van der Waals surface area contributed by atoms with Crippen molar-refractivity contribution in [3.63, 3.8) is 0 Å². The normalized spacial score (nSPS) is 11.5. The molecule has 0 fully saturated rings. The minimum absolute atomic E-state index is 0.255. The molecule has 0 spiro atoms. The molecule has 0 aromatic heterocycles. The van der Waals surface area contributed by atoms with E-state index in [9.17, 15) is 22.4 Å². The fraction of sp³-hybridized carbons (Fsp3) is 0.417. The van der Waals surface area contributed by atoms with Crippen molar-refractivity contribution in [3.8, 4) is 0 Å². The number of rotatable bonds is 4. The highest BCUT2D eigenvalue weighted by Gasteiger charge is 2.35. The lowest BCUT2D eigenvalue weighted by Gasteiger charge is -2.18. The van der Waals surface area contributed by atoms with Crippen LogP contribution >= 0.6 is 0 Å². The maximum absolute atomic E-state index is 13.7. The van der Waals surface area contributed by atoms with Gasteiger partial charge in [-0.15, -0.1) is 0 Å². The van der Waals surface area contributed by atoms with Crippen LogP contribution in [0.3, 0.4) is 0 Å². The van der Waals surface area contributed by atoms with Gasteiger partial charge < -0.3 is 10.6 Å². The quantitative estimate of drug-likeness (QED) is 0.859. The summed E-state index contributed by atoms with van der Waals surface area (Å²) in [4.78, 5) is 13.0. The summed E-state index contributed by atoms with van der Waals surface area (Å²) in [6.07, 6.45) is -4.33. The third-order valence-electron chi connectivity index (χ3n) is 2.58. The third kappa shape index (κ3) is 3.66. The number of nitrogens with zero attached hydrogens (tertiary/aromatic N) is 1. The van der Waals surface area contributed by atoms with Crippen LogP contribution in [0.15, 0.2) is 18.2 Å². The topological polar surface area (TPSA) is 46.3 Å². The van der Waals surface area contributed by atoms with Gasteiger partial charge in [0.25, 0.3) is 5.91 Å². The van der Waals surface area contributed by atoms with E-state index in [1.807, 2.05) is 0 Å². The van der Waals surface area contributed by atoms with Gasteiger partial charge in [-0.05, 0) is 25.1 Å². The number of alkyl halides is 3. The molecule has 0 bridgehead atoms. The predicted octanol–water partition coefficient (Wildman–Crippen LogP) is 2.27. The molecule has 0 radical (unpaired) electrons. The summed E-state index contributed by atoms with van der Waals surface area (Å²) < 4.78 is 51.3. The van der Waals surface area contributed by atoms with Crippen LogP contribution in [0.25, 0.3) is 0 Å². The zero-order valence-electron chi connectivity index (χ0n) is 10.3. The molecule has 0 aliphatic rings. The fourth-order valence-electron chi connectivity index (χ4n) is 1.55. The molecule has 19 heavy (non-hydrogen) atoms. The summed E-state index contributed by atoms with van der Waals surface area (Å²) >= 11 is 0. The second kappa shape index (κ2) is 6.01. The van der Waals surface area contributed by atoms with Crippen molar-refractivity contribution in [2.75, 3.05) is 20.1 Å². The Bertz CT molecular complexity index is 460. The SMILES string of the molecule is CN(CCCN)C(=O)c1cccc(C(F)(F)F)c1F. The van der Waals surface area contributed by atoms with Crippen molar-refractivity contribution >= 4 is 5.91 Å². The Kier molecular flexibility index (Phi) is 4.88. The average Bonchev–Trinajstić information content (AvgIpc) is 2.34. The van der Waals surface area contributed by atoms with E-state index >= 15 is 0 Å². The summed E-state index contributed by atoms with van der Waals surface area (Å²) in [7, 11) is 1.39. The van der Waals surface area contributed by atoms with Gasteiger partial charge in [0.2, 0.25) is 0 Å². The molecule has 2 N–H and O–H groups in total. The van der Waals surface area contributed by atoms with Crippen LogP contribution in [0, 0.1) is 5.82 Å². The van der Waals surface area contributed by atoms with Crippen molar-refractivity contribution < 1.29 is 22.4 Å². The first-order valence-electron chi connectivity index (χ1n) is 5.60. The molecule has 0 saturated carbocycles. The number of hydrogen-bond donors (Lipinski definition) is 1. The zero-order valence-corrected chi connectivity index (χ0v) is 10.3. The number of benzene rings is 1. The summed E-state index contributed by atoms with van der Waals surface area (Å²) in [5.41, 5.74) is 3.24. The van der Waals surface area contributed by atoms with E-state index in [0.29, 0.717) is 19.0 Å². The molecule has 0 unspecified atom stereocenters. The van der Waals surface area contributed by atoms with E-state index in [4.69, 9.17) is 5.73 Å². The molecule has 0 saturated heterocycles. The largest absolute Gasteiger partial charge is 0.419 e. The molecule has 0 aliphatic carbocycles.